The molecule has 2 heterocycles. The molecule has 2 aromatic heterocycles. The molecule has 0 aliphatic heterocycles. The van der Waals surface area contributed by atoms with Crippen LogP contribution in [0.3, 0.4) is 0 Å². The SMILES string of the molecule is COP(=O)(c1cc(C)cc(C#N)c1)c1c(C(=O)NCc2ccncn2)[nH]c2ccc(Cl)cc12. The van der Waals surface area contributed by atoms with Gasteiger partial charge in [-0.15, -0.1) is 0 Å². The zero-order valence-electron chi connectivity index (χ0n) is 17.8. The van der Waals surface area contributed by atoms with Crippen LogP contribution in [-0.4, -0.2) is 28.0 Å². The number of hydrogen-bond donors (Lipinski definition) is 2. The van der Waals surface area contributed by atoms with Gasteiger partial charge < -0.3 is 14.8 Å². The van der Waals surface area contributed by atoms with E-state index >= 15 is 0 Å². The first kappa shape index (κ1) is 22.7. The lowest BCUT2D eigenvalue weighted by Crippen LogP contribution is -2.30. The summed E-state index contributed by atoms with van der Waals surface area (Å²) in [5, 5.41) is 13.6. The number of carbonyl (C=O) groups excluding carboxylic acids is 1. The smallest absolute Gasteiger partial charge is 0.268 e. The van der Waals surface area contributed by atoms with Gasteiger partial charge in [-0.1, -0.05) is 11.6 Å². The molecule has 8 nitrogen and oxygen atoms in total. The molecule has 0 aliphatic carbocycles. The molecule has 166 valence electrons. The lowest BCUT2D eigenvalue weighted by molar-refractivity contribution is 0.0947. The number of aryl methyl sites for hydroxylation is 1. The summed E-state index contributed by atoms with van der Waals surface area (Å²) in [5.74, 6) is -0.485. The highest BCUT2D eigenvalue weighted by Gasteiger charge is 2.36. The van der Waals surface area contributed by atoms with E-state index in [1.807, 2.05) is 0 Å². The van der Waals surface area contributed by atoms with Crippen LogP contribution in [0.2, 0.25) is 5.02 Å². The van der Waals surface area contributed by atoms with Gasteiger partial charge in [-0.05, 0) is 55.0 Å². The predicted molar refractivity (Wildman–Crippen MR) is 126 cm³/mol. The average Bonchev–Trinajstić information content (AvgIpc) is 3.21. The fourth-order valence-electron chi connectivity index (χ4n) is 3.63. The van der Waals surface area contributed by atoms with Gasteiger partial charge in [0.05, 0.1) is 29.2 Å². The van der Waals surface area contributed by atoms with Gasteiger partial charge in [0.15, 0.2) is 0 Å². The molecule has 2 aromatic carbocycles. The minimum Gasteiger partial charge on any atom is -0.350 e. The van der Waals surface area contributed by atoms with Crippen LogP contribution in [0.15, 0.2) is 55.0 Å². The van der Waals surface area contributed by atoms with Crippen LogP contribution in [-0.2, 0) is 15.6 Å². The Morgan fingerprint density at radius 1 is 1.27 bits per heavy atom. The van der Waals surface area contributed by atoms with Crippen molar-refractivity contribution in [3.8, 4) is 6.07 Å². The van der Waals surface area contributed by atoms with Crippen molar-refractivity contribution in [3.63, 3.8) is 0 Å². The van der Waals surface area contributed by atoms with Crippen LogP contribution in [0.25, 0.3) is 10.9 Å². The molecule has 0 saturated carbocycles. The molecule has 33 heavy (non-hydrogen) atoms. The standard InChI is InChI=1S/C23H19ClN5O3P/c1-14-7-15(11-25)9-18(8-14)33(31,32-2)22-19-10-16(24)3-4-20(19)29-21(22)23(30)27-12-17-5-6-26-13-28-17/h3-10,13,29H,12H2,1-2H3,(H,27,30). The monoisotopic (exact) mass is 479 g/mol. The Kier molecular flexibility index (Phi) is 6.30. The van der Waals surface area contributed by atoms with E-state index in [1.54, 1.807) is 49.5 Å². The number of fused-ring (bicyclic) bond motifs is 1. The van der Waals surface area contributed by atoms with Crippen molar-refractivity contribution in [2.45, 2.75) is 13.5 Å². The van der Waals surface area contributed by atoms with Crippen molar-refractivity contribution in [1.29, 1.82) is 5.26 Å². The fraction of sp³-hybridized carbons (Fsp3) is 0.130. The van der Waals surface area contributed by atoms with Crippen molar-refractivity contribution in [2.24, 2.45) is 0 Å². The summed E-state index contributed by atoms with van der Waals surface area (Å²) >= 11 is 6.23. The number of hydrogen-bond acceptors (Lipinski definition) is 6. The largest absolute Gasteiger partial charge is 0.350 e. The van der Waals surface area contributed by atoms with Crippen LogP contribution >= 0.6 is 19.0 Å². The van der Waals surface area contributed by atoms with Gasteiger partial charge >= 0.3 is 0 Å². The normalized spacial score (nSPS) is 12.8. The zero-order valence-corrected chi connectivity index (χ0v) is 19.4. The maximum absolute atomic E-state index is 14.4. The van der Waals surface area contributed by atoms with Gasteiger partial charge in [0.25, 0.3) is 13.3 Å². The van der Waals surface area contributed by atoms with E-state index in [2.05, 4.69) is 26.3 Å². The number of carbonyl (C=O) groups is 1. The number of nitrogens with one attached hydrogen (secondary N) is 2. The number of halogens is 1. The molecule has 0 aliphatic rings. The number of nitrogens with zero attached hydrogens (tertiary/aromatic N) is 3. The molecule has 4 rings (SSSR count). The number of aromatic amines is 1. The Bertz CT molecular complexity index is 1450. The highest BCUT2D eigenvalue weighted by atomic mass is 35.5. The number of amides is 1. The fourth-order valence-corrected chi connectivity index (χ4v) is 6.09. The first-order chi connectivity index (χ1) is 15.9. The Hall–Kier alpha value is -3.50. The van der Waals surface area contributed by atoms with Gasteiger partial charge in [-0.25, -0.2) is 9.97 Å². The molecular formula is C23H19ClN5O3P. The summed E-state index contributed by atoms with van der Waals surface area (Å²) < 4.78 is 20.0. The Labute approximate surface area is 195 Å². The molecule has 0 saturated heterocycles. The molecule has 10 heteroatoms. The number of rotatable bonds is 6. The van der Waals surface area contributed by atoms with Gasteiger partial charge in [-0.2, -0.15) is 5.26 Å². The second-order valence-corrected chi connectivity index (χ2v) is 10.2. The molecule has 4 aromatic rings. The second-order valence-electron chi connectivity index (χ2n) is 7.33. The van der Waals surface area contributed by atoms with Crippen LogP contribution in [0, 0.1) is 18.3 Å². The minimum absolute atomic E-state index is 0.0894. The summed E-state index contributed by atoms with van der Waals surface area (Å²) in [6.07, 6.45) is 2.97. The predicted octanol–water partition coefficient (Wildman–Crippen LogP) is 3.60. The molecule has 0 bridgehead atoms. The Morgan fingerprint density at radius 3 is 2.79 bits per heavy atom. The maximum Gasteiger partial charge on any atom is 0.268 e. The van der Waals surface area contributed by atoms with E-state index < -0.39 is 13.3 Å². The van der Waals surface area contributed by atoms with E-state index in [-0.39, 0.29) is 17.5 Å². The summed E-state index contributed by atoms with van der Waals surface area (Å²) in [5.41, 5.74) is 2.37. The quantitative estimate of drug-likeness (QED) is 0.408. The van der Waals surface area contributed by atoms with Crippen molar-refractivity contribution in [2.75, 3.05) is 7.11 Å². The first-order valence-electron chi connectivity index (χ1n) is 9.88. The van der Waals surface area contributed by atoms with Crippen LogP contribution < -0.4 is 15.9 Å². The molecule has 1 atom stereocenters. The van der Waals surface area contributed by atoms with Crippen molar-refractivity contribution < 1.29 is 13.9 Å². The molecule has 2 N–H and O–H groups in total. The third-order valence-corrected chi connectivity index (χ3v) is 7.86. The zero-order chi connectivity index (χ0) is 23.6. The van der Waals surface area contributed by atoms with E-state index in [9.17, 15) is 14.6 Å². The molecular weight excluding hydrogens is 461 g/mol. The van der Waals surface area contributed by atoms with E-state index in [0.29, 0.717) is 32.5 Å². The van der Waals surface area contributed by atoms with E-state index in [1.165, 1.54) is 19.5 Å². The summed E-state index contributed by atoms with van der Waals surface area (Å²) in [4.78, 5) is 24.2. The molecule has 0 fully saturated rings. The van der Waals surface area contributed by atoms with E-state index in [0.717, 1.165) is 5.56 Å². The maximum atomic E-state index is 14.4. The van der Waals surface area contributed by atoms with Crippen LogP contribution in [0.1, 0.15) is 27.3 Å². The number of nitriles is 1. The summed E-state index contributed by atoms with van der Waals surface area (Å²) in [7, 11) is -2.48. The summed E-state index contributed by atoms with van der Waals surface area (Å²) in [6, 6.07) is 13.7. The molecule has 1 amide bonds. The summed E-state index contributed by atoms with van der Waals surface area (Å²) in [6.45, 7) is 1.95. The molecule has 1 unspecified atom stereocenters. The van der Waals surface area contributed by atoms with Crippen LogP contribution in [0.4, 0.5) is 0 Å². The van der Waals surface area contributed by atoms with Crippen LogP contribution in [0.5, 0.6) is 0 Å². The number of H-pyrrole nitrogens is 1. The van der Waals surface area contributed by atoms with Gasteiger partial charge in [0.2, 0.25) is 0 Å². The van der Waals surface area contributed by atoms with Gasteiger partial charge in [-0.3, -0.25) is 9.36 Å². The average molecular weight is 480 g/mol. The third kappa shape index (κ3) is 4.39. The number of benzene rings is 2. The number of aromatic nitrogens is 3. The lowest BCUT2D eigenvalue weighted by atomic mass is 10.2. The van der Waals surface area contributed by atoms with Crippen molar-refractivity contribution in [1.82, 2.24) is 20.3 Å². The lowest BCUT2D eigenvalue weighted by Gasteiger charge is -2.19. The van der Waals surface area contributed by atoms with Crippen molar-refractivity contribution in [3.05, 3.63) is 82.5 Å². The highest BCUT2D eigenvalue weighted by Crippen LogP contribution is 2.47. The second kappa shape index (κ2) is 9.16. The van der Waals surface area contributed by atoms with Gasteiger partial charge in [0.1, 0.15) is 12.0 Å². The Balaban J connectivity index is 1.88. The topological polar surface area (TPSA) is 121 Å². The highest BCUT2D eigenvalue weighted by molar-refractivity contribution is 7.75. The molecule has 0 spiro atoms. The van der Waals surface area contributed by atoms with Crippen molar-refractivity contribution >= 4 is 46.4 Å². The third-order valence-electron chi connectivity index (χ3n) is 5.12. The van der Waals surface area contributed by atoms with E-state index in [4.69, 9.17) is 16.1 Å². The Morgan fingerprint density at radius 2 is 2.09 bits per heavy atom. The molecule has 0 radical (unpaired) electrons. The first-order valence-corrected chi connectivity index (χ1v) is 11.9. The van der Waals surface area contributed by atoms with Gasteiger partial charge in [0, 0.05) is 34.5 Å². The minimum atomic E-state index is -3.80.